The molecule has 2 heterocycles. The summed E-state index contributed by atoms with van der Waals surface area (Å²) in [5.41, 5.74) is 6.01. The topological polar surface area (TPSA) is 60.4 Å². The summed E-state index contributed by atoms with van der Waals surface area (Å²) in [4.78, 5) is 17.4. The first-order chi connectivity index (χ1) is 10.1. The van der Waals surface area contributed by atoms with Gasteiger partial charge in [-0.15, -0.1) is 11.3 Å². The van der Waals surface area contributed by atoms with Gasteiger partial charge in [0.2, 0.25) is 5.91 Å². The fraction of sp³-hybridized carbons (Fsp3) is 0. The van der Waals surface area contributed by atoms with Crippen LogP contribution in [0.15, 0.2) is 51.8 Å². The first kappa shape index (κ1) is 14.2. The molecule has 2 N–H and O–H groups in total. The van der Waals surface area contributed by atoms with Gasteiger partial charge in [0.15, 0.2) is 4.96 Å². The van der Waals surface area contributed by atoms with E-state index in [1.54, 1.807) is 6.08 Å². The SMILES string of the molecule is NC(=O)/C=C/c1c(Sc2ccc(Cl)cc2)nc2sccn12. The minimum atomic E-state index is -0.484. The van der Waals surface area contributed by atoms with E-state index in [-0.39, 0.29) is 0 Å². The molecule has 0 fully saturated rings. The molecule has 106 valence electrons. The van der Waals surface area contributed by atoms with Crippen LogP contribution < -0.4 is 5.73 Å². The van der Waals surface area contributed by atoms with Gasteiger partial charge in [-0.2, -0.15) is 0 Å². The van der Waals surface area contributed by atoms with Gasteiger partial charge in [0, 0.05) is 27.6 Å². The lowest BCUT2D eigenvalue weighted by Gasteiger charge is -2.00. The van der Waals surface area contributed by atoms with E-state index in [4.69, 9.17) is 17.3 Å². The third kappa shape index (κ3) is 3.12. The van der Waals surface area contributed by atoms with Crippen molar-refractivity contribution >= 4 is 51.6 Å². The van der Waals surface area contributed by atoms with Crippen molar-refractivity contribution in [1.82, 2.24) is 9.38 Å². The Morgan fingerprint density at radius 1 is 1.38 bits per heavy atom. The number of benzene rings is 1. The zero-order valence-electron chi connectivity index (χ0n) is 10.7. The first-order valence-electron chi connectivity index (χ1n) is 6.00. The molecule has 0 saturated carbocycles. The molecule has 0 bridgehead atoms. The highest BCUT2D eigenvalue weighted by Crippen LogP contribution is 2.33. The Morgan fingerprint density at radius 2 is 2.14 bits per heavy atom. The lowest BCUT2D eigenvalue weighted by atomic mass is 10.4. The van der Waals surface area contributed by atoms with Crippen molar-refractivity contribution < 1.29 is 4.79 Å². The number of aromatic nitrogens is 2. The number of carbonyl (C=O) groups excluding carboxylic acids is 1. The van der Waals surface area contributed by atoms with Crippen LogP contribution in [-0.4, -0.2) is 15.3 Å². The summed E-state index contributed by atoms with van der Waals surface area (Å²) >= 11 is 8.94. The molecule has 0 aliphatic heterocycles. The molecule has 4 nitrogen and oxygen atoms in total. The molecule has 2 aromatic heterocycles. The minimum absolute atomic E-state index is 0.484. The third-order valence-electron chi connectivity index (χ3n) is 2.70. The lowest BCUT2D eigenvalue weighted by Crippen LogP contribution is -2.05. The Hall–Kier alpha value is -1.76. The van der Waals surface area contributed by atoms with Crippen LogP contribution in [0.3, 0.4) is 0 Å². The molecule has 0 atom stereocenters. The predicted octanol–water partition coefficient (Wildman–Crippen LogP) is 3.70. The van der Waals surface area contributed by atoms with Gasteiger partial charge in [-0.05, 0) is 30.3 Å². The normalized spacial score (nSPS) is 11.5. The minimum Gasteiger partial charge on any atom is -0.366 e. The van der Waals surface area contributed by atoms with E-state index < -0.39 is 5.91 Å². The van der Waals surface area contributed by atoms with Crippen LogP contribution in [0, 0.1) is 0 Å². The summed E-state index contributed by atoms with van der Waals surface area (Å²) in [5, 5.41) is 3.46. The molecule has 0 aliphatic rings. The van der Waals surface area contributed by atoms with Gasteiger partial charge in [-0.3, -0.25) is 9.20 Å². The van der Waals surface area contributed by atoms with Crippen LogP contribution in [0.5, 0.6) is 0 Å². The maximum absolute atomic E-state index is 11.0. The van der Waals surface area contributed by atoms with E-state index in [1.807, 2.05) is 40.2 Å². The molecule has 7 heteroatoms. The summed E-state index contributed by atoms with van der Waals surface area (Å²) in [6, 6.07) is 7.53. The molecular formula is C14H10ClN3OS2. The number of halogens is 1. The van der Waals surface area contributed by atoms with Crippen LogP contribution in [0.1, 0.15) is 5.69 Å². The summed E-state index contributed by atoms with van der Waals surface area (Å²) in [6.45, 7) is 0. The van der Waals surface area contributed by atoms with Gasteiger partial charge in [-0.1, -0.05) is 23.4 Å². The first-order valence-corrected chi connectivity index (χ1v) is 8.07. The summed E-state index contributed by atoms with van der Waals surface area (Å²) in [7, 11) is 0. The number of primary amides is 1. The lowest BCUT2D eigenvalue weighted by molar-refractivity contribution is -0.113. The molecule has 1 amide bonds. The summed E-state index contributed by atoms with van der Waals surface area (Å²) in [6.07, 6.45) is 4.94. The van der Waals surface area contributed by atoms with Crippen molar-refractivity contribution in [2.75, 3.05) is 0 Å². The standard InChI is InChI=1S/C14H10ClN3OS2/c15-9-1-3-10(4-2-9)21-13-11(5-6-12(16)19)18-7-8-20-14(18)17-13/h1-8H,(H2,16,19)/b6-5+. The summed E-state index contributed by atoms with van der Waals surface area (Å²) < 4.78 is 1.93. The van der Waals surface area contributed by atoms with Crippen LogP contribution in [0.2, 0.25) is 5.02 Å². The van der Waals surface area contributed by atoms with Crippen molar-refractivity contribution in [2.24, 2.45) is 5.73 Å². The molecular weight excluding hydrogens is 326 g/mol. The second-order valence-electron chi connectivity index (χ2n) is 4.15. The average Bonchev–Trinajstić information content (AvgIpc) is 3.00. The number of hydrogen-bond acceptors (Lipinski definition) is 4. The van der Waals surface area contributed by atoms with E-state index in [0.717, 1.165) is 20.6 Å². The average molecular weight is 336 g/mol. The zero-order chi connectivity index (χ0) is 14.8. The molecule has 3 rings (SSSR count). The Bertz CT molecular complexity index is 820. The molecule has 0 saturated heterocycles. The number of nitrogens with zero attached hydrogens (tertiary/aromatic N) is 2. The van der Waals surface area contributed by atoms with Gasteiger partial charge < -0.3 is 5.73 Å². The van der Waals surface area contributed by atoms with Crippen molar-refractivity contribution in [3.8, 4) is 0 Å². The molecule has 0 unspecified atom stereocenters. The second-order valence-corrected chi connectivity index (χ2v) is 6.52. The van der Waals surface area contributed by atoms with E-state index >= 15 is 0 Å². The van der Waals surface area contributed by atoms with Gasteiger partial charge >= 0.3 is 0 Å². The van der Waals surface area contributed by atoms with Crippen LogP contribution in [0.4, 0.5) is 0 Å². The quantitative estimate of drug-likeness (QED) is 0.739. The highest BCUT2D eigenvalue weighted by atomic mass is 35.5. The largest absolute Gasteiger partial charge is 0.366 e. The van der Waals surface area contributed by atoms with E-state index in [0.29, 0.717) is 5.02 Å². The third-order valence-corrected chi connectivity index (χ3v) is 4.71. The van der Waals surface area contributed by atoms with Crippen molar-refractivity contribution in [1.29, 1.82) is 0 Å². The van der Waals surface area contributed by atoms with Gasteiger partial charge in [0.05, 0.1) is 5.69 Å². The number of rotatable bonds is 4. The fourth-order valence-electron chi connectivity index (χ4n) is 1.79. The van der Waals surface area contributed by atoms with Gasteiger partial charge in [0.25, 0.3) is 0 Å². The highest BCUT2D eigenvalue weighted by Gasteiger charge is 2.12. The molecule has 0 aliphatic carbocycles. The van der Waals surface area contributed by atoms with Crippen molar-refractivity contribution in [2.45, 2.75) is 9.92 Å². The molecule has 0 spiro atoms. The van der Waals surface area contributed by atoms with Gasteiger partial charge in [-0.25, -0.2) is 4.98 Å². The Kier molecular flexibility index (Phi) is 4.01. The second kappa shape index (κ2) is 5.93. The number of carbonyl (C=O) groups is 1. The number of nitrogens with two attached hydrogens (primary N) is 1. The van der Waals surface area contributed by atoms with Crippen LogP contribution in [0.25, 0.3) is 11.0 Å². The number of imidazole rings is 1. The maximum Gasteiger partial charge on any atom is 0.241 e. The molecule has 0 radical (unpaired) electrons. The number of amides is 1. The Morgan fingerprint density at radius 3 is 2.86 bits per heavy atom. The van der Waals surface area contributed by atoms with Crippen molar-refractivity contribution in [3.63, 3.8) is 0 Å². The predicted molar refractivity (Wildman–Crippen MR) is 86.9 cm³/mol. The van der Waals surface area contributed by atoms with E-state index in [2.05, 4.69) is 4.98 Å². The smallest absolute Gasteiger partial charge is 0.241 e. The van der Waals surface area contributed by atoms with Gasteiger partial charge in [0.1, 0.15) is 5.03 Å². The number of thiazole rings is 1. The fourth-order valence-corrected chi connectivity index (χ4v) is 3.59. The van der Waals surface area contributed by atoms with Crippen LogP contribution >= 0.6 is 34.7 Å². The Balaban J connectivity index is 2.00. The highest BCUT2D eigenvalue weighted by molar-refractivity contribution is 7.99. The molecule has 1 aromatic carbocycles. The van der Waals surface area contributed by atoms with E-state index in [1.165, 1.54) is 29.2 Å². The number of fused-ring (bicyclic) bond motifs is 1. The van der Waals surface area contributed by atoms with E-state index in [9.17, 15) is 4.79 Å². The molecule has 3 aromatic rings. The van der Waals surface area contributed by atoms with Crippen molar-refractivity contribution in [3.05, 3.63) is 52.6 Å². The monoisotopic (exact) mass is 335 g/mol. The van der Waals surface area contributed by atoms with Crippen LogP contribution in [-0.2, 0) is 4.79 Å². The molecule has 21 heavy (non-hydrogen) atoms. The Labute approximate surface area is 134 Å². The summed E-state index contributed by atoms with van der Waals surface area (Å²) in [5.74, 6) is -0.484. The number of hydrogen-bond donors (Lipinski definition) is 1. The zero-order valence-corrected chi connectivity index (χ0v) is 13.1. The maximum atomic E-state index is 11.0.